The zero-order valence-corrected chi connectivity index (χ0v) is 11.3. The first kappa shape index (κ1) is 12.7. The highest BCUT2D eigenvalue weighted by molar-refractivity contribution is 5.92. The van der Waals surface area contributed by atoms with Crippen molar-refractivity contribution in [3.8, 4) is 5.75 Å². The highest BCUT2D eigenvalue weighted by Crippen LogP contribution is 2.27. The molecule has 2 heterocycles. The number of pyridine rings is 1. The van der Waals surface area contributed by atoms with E-state index >= 15 is 0 Å². The van der Waals surface area contributed by atoms with Crippen molar-refractivity contribution in [3.63, 3.8) is 0 Å². The monoisotopic (exact) mass is 268 g/mol. The lowest BCUT2D eigenvalue weighted by Gasteiger charge is -2.24. The first-order valence-electron chi connectivity index (χ1n) is 6.67. The van der Waals surface area contributed by atoms with Crippen LogP contribution in [0.4, 0.5) is 5.82 Å². The van der Waals surface area contributed by atoms with Crippen molar-refractivity contribution in [1.29, 1.82) is 0 Å². The van der Waals surface area contributed by atoms with Gasteiger partial charge in [0.2, 0.25) is 5.91 Å². The number of nitrogens with zero attached hydrogens (tertiary/aromatic N) is 1. The molecule has 0 saturated heterocycles. The Labute approximate surface area is 117 Å². The van der Waals surface area contributed by atoms with E-state index in [0.717, 1.165) is 17.0 Å². The van der Waals surface area contributed by atoms with Crippen LogP contribution in [0, 0.1) is 12.8 Å². The van der Waals surface area contributed by atoms with E-state index in [9.17, 15) is 4.79 Å². The summed E-state index contributed by atoms with van der Waals surface area (Å²) in [4.78, 5) is 16.5. The minimum atomic E-state index is -0.174. The van der Waals surface area contributed by atoms with Crippen LogP contribution in [0.2, 0.25) is 0 Å². The van der Waals surface area contributed by atoms with Crippen LogP contribution in [-0.4, -0.2) is 17.5 Å². The summed E-state index contributed by atoms with van der Waals surface area (Å²) in [5.41, 5.74) is 1.96. The Balaban J connectivity index is 1.70. The molecule has 4 nitrogen and oxygen atoms in total. The fraction of sp³-hybridized carbons (Fsp3) is 0.250. The number of aromatic nitrogens is 1. The summed E-state index contributed by atoms with van der Waals surface area (Å²) >= 11 is 0. The SMILES string of the molecule is Cc1cccc(NC(=O)[C@@H]2COc3ccccc3C2)n1. The predicted octanol–water partition coefficient (Wildman–Crippen LogP) is 2.58. The second-order valence-electron chi connectivity index (χ2n) is 4.97. The van der Waals surface area contributed by atoms with Crippen LogP contribution in [0.15, 0.2) is 42.5 Å². The molecule has 3 rings (SSSR count). The number of benzene rings is 1. The standard InChI is InChI=1S/C16H16N2O2/c1-11-5-4-8-15(17-11)18-16(19)13-9-12-6-2-3-7-14(12)20-10-13/h2-8,13H,9-10H2,1H3,(H,17,18,19)/t13-/m0/s1. The lowest BCUT2D eigenvalue weighted by molar-refractivity contribution is -0.121. The Morgan fingerprint density at radius 2 is 2.10 bits per heavy atom. The first-order chi connectivity index (χ1) is 9.72. The van der Waals surface area contributed by atoms with Gasteiger partial charge in [0.05, 0.1) is 5.92 Å². The second-order valence-corrected chi connectivity index (χ2v) is 4.97. The van der Waals surface area contributed by atoms with Crippen LogP contribution < -0.4 is 10.1 Å². The molecule has 102 valence electrons. The summed E-state index contributed by atoms with van der Waals surface area (Å²) in [5.74, 6) is 1.25. The third kappa shape index (κ3) is 2.64. The van der Waals surface area contributed by atoms with Crippen molar-refractivity contribution in [2.75, 3.05) is 11.9 Å². The maximum atomic E-state index is 12.3. The average Bonchev–Trinajstić information content (AvgIpc) is 2.47. The topological polar surface area (TPSA) is 51.2 Å². The van der Waals surface area contributed by atoms with E-state index in [0.29, 0.717) is 18.8 Å². The van der Waals surface area contributed by atoms with E-state index < -0.39 is 0 Å². The molecule has 0 fully saturated rings. The largest absolute Gasteiger partial charge is 0.492 e. The molecule has 0 aliphatic carbocycles. The minimum absolute atomic E-state index is 0.0439. The van der Waals surface area contributed by atoms with Crippen molar-refractivity contribution in [3.05, 3.63) is 53.7 Å². The van der Waals surface area contributed by atoms with Gasteiger partial charge in [0.15, 0.2) is 0 Å². The third-order valence-electron chi connectivity index (χ3n) is 3.39. The molecule has 2 aromatic rings. The smallest absolute Gasteiger partial charge is 0.232 e. The second kappa shape index (κ2) is 5.33. The quantitative estimate of drug-likeness (QED) is 0.910. The molecule has 0 bridgehead atoms. The van der Waals surface area contributed by atoms with Crippen molar-refractivity contribution < 1.29 is 9.53 Å². The number of nitrogens with one attached hydrogen (secondary N) is 1. The number of para-hydroxylation sites is 1. The molecule has 0 radical (unpaired) electrons. The fourth-order valence-corrected chi connectivity index (χ4v) is 2.34. The van der Waals surface area contributed by atoms with Gasteiger partial charge >= 0.3 is 0 Å². The number of ether oxygens (including phenoxy) is 1. The Morgan fingerprint density at radius 1 is 1.25 bits per heavy atom. The van der Waals surface area contributed by atoms with Crippen LogP contribution >= 0.6 is 0 Å². The number of aryl methyl sites for hydroxylation is 1. The number of amides is 1. The zero-order valence-electron chi connectivity index (χ0n) is 11.3. The summed E-state index contributed by atoms with van der Waals surface area (Å²) in [6.07, 6.45) is 0.702. The summed E-state index contributed by atoms with van der Waals surface area (Å²) in [6.45, 7) is 2.31. The number of rotatable bonds is 2. The molecule has 1 atom stereocenters. The van der Waals surface area contributed by atoms with Gasteiger partial charge < -0.3 is 10.1 Å². The van der Waals surface area contributed by atoms with Gasteiger partial charge in [-0.25, -0.2) is 4.98 Å². The summed E-state index contributed by atoms with van der Waals surface area (Å²) in [5, 5.41) is 2.85. The maximum Gasteiger partial charge on any atom is 0.232 e. The normalized spacial score (nSPS) is 16.9. The van der Waals surface area contributed by atoms with E-state index in [-0.39, 0.29) is 11.8 Å². The van der Waals surface area contributed by atoms with E-state index in [1.165, 1.54) is 0 Å². The highest BCUT2D eigenvalue weighted by atomic mass is 16.5. The Hall–Kier alpha value is -2.36. The third-order valence-corrected chi connectivity index (χ3v) is 3.39. The first-order valence-corrected chi connectivity index (χ1v) is 6.67. The van der Waals surface area contributed by atoms with E-state index in [4.69, 9.17) is 4.74 Å². The van der Waals surface area contributed by atoms with Crippen molar-refractivity contribution in [1.82, 2.24) is 4.98 Å². The van der Waals surface area contributed by atoms with Gasteiger partial charge in [-0.2, -0.15) is 0 Å². The van der Waals surface area contributed by atoms with E-state index in [1.807, 2.05) is 43.3 Å². The number of anilines is 1. The van der Waals surface area contributed by atoms with Crippen molar-refractivity contribution in [2.24, 2.45) is 5.92 Å². The van der Waals surface area contributed by atoms with Gasteiger partial charge in [0, 0.05) is 5.69 Å². The molecule has 1 aliphatic rings. The van der Waals surface area contributed by atoms with Crippen LogP contribution in [0.5, 0.6) is 5.75 Å². The number of carbonyl (C=O) groups is 1. The van der Waals surface area contributed by atoms with Gasteiger partial charge in [-0.15, -0.1) is 0 Å². The van der Waals surface area contributed by atoms with Gasteiger partial charge in [-0.1, -0.05) is 24.3 Å². The molecule has 20 heavy (non-hydrogen) atoms. The van der Waals surface area contributed by atoms with Crippen LogP contribution in [0.1, 0.15) is 11.3 Å². The number of hydrogen-bond acceptors (Lipinski definition) is 3. The minimum Gasteiger partial charge on any atom is -0.492 e. The van der Waals surface area contributed by atoms with Crippen LogP contribution in [0.3, 0.4) is 0 Å². The lowest BCUT2D eigenvalue weighted by atomic mass is 9.96. The fourth-order valence-electron chi connectivity index (χ4n) is 2.34. The average molecular weight is 268 g/mol. The Bertz CT molecular complexity index is 640. The summed E-state index contributed by atoms with van der Waals surface area (Å²) in [7, 11) is 0. The lowest BCUT2D eigenvalue weighted by Crippen LogP contribution is -2.32. The molecule has 1 aromatic carbocycles. The number of carbonyl (C=O) groups excluding carboxylic acids is 1. The molecular formula is C16H16N2O2. The molecule has 1 aliphatic heterocycles. The maximum absolute atomic E-state index is 12.3. The van der Waals surface area contributed by atoms with Crippen LogP contribution in [0.25, 0.3) is 0 Å². The molecule has 1 amide bonds. The Kier molecular flexibility index (Phi) is 3.37. The molecule has 1 aromatic heterocycles. The summed E-state index contributed by atoms with van der Waals surface area (Å²) < 4.78 is 5.64. The molecule has 0 unspecified atom stereocenters. The van der Waals surface area contributed by atoms with Gasteiger partial charge in [-0.3, -0.25) is 4.79 Å². The molecule has 0 spiro atoms. The number of fused-ring (bicyclic) bond motifs is 1. The zero-order chi connectivity index (χ0) is 13.9. The predicted molar refractivity (Wildman–Crippen MR) is 76.7 cm³/mol. The molecule has 4 heteroatoms. The van der Waals surface area contributed by atoms with Crippen molar-refractivity contribution >= 4 is 11.7 Å². The van der Waals surface area contributed by atoms with E-state index in [1.54, 1.807) is 6.07 Å². The van der Waals surface area contributed by atoms with E-state index in [2.05, 4.69) is 10.3 Å². The van der Waals surface area contributed by atoms with Crippen LogP contribution in [-0.2, 0) is 11.2 Å². The molecule has 1 N–H and O–H groups in total. The van der Waals surface area contributed by atoms with Crippen molar-refractivity contribution in [2.45, 2.75) is 13.3 Å². The Morgan fingerprint density at radius 3 is 2.95 bits per heavy atom. The molecule has 0 saturated carbocycles. The molecular weight excluding hydrogens is 252 g/mol. The number of hydrogen-bond donors (Lipinski definition) is 1. The van der Waals surface area contributed by atoms with Gasteiger partial charge in [-0.05, 0) is 37.1 Å². The summed E-state index contributed by atoms with van der Waals surface area (Å²) in [6, 6.07) is 13.4. The highest BCUT2D eigenvalue weighted by Gasteiger charge is 2.25. The van der Waals surface area contributed by atoms with Gasteiger partial charge in [0.1, 0.15) is 18.2 Å². The van der Waals surface area contributed by atoms with Gasteiger partial charge in [0.25, 0.3) is 0 Å².